The lowest BCUT2D eigenvalue weighted by molar-refractivity contribution is -0.131. The van der Waals surface area contributed by atoms with Crippen LogP contribution in [0.5, 0.6) is 0 Å². The maximum atomic E-state index is 12.0. The van der Waals surface area contributed by atoms with E-state index in [1.54, 1.807) is 6.26 Å². The van der Waals surface area contributed by atoms with Gasteiger partial charge in [-0.25, -0.2) is 4.98 Å². The number of oxazole rings is 1. The third-order valence-corrected chi connectivity index (χ3v) is 2.60. The van der Waals surface area contributed by atoms with E-state index in [9.17, 15) is 4.79 Å². The van der Waals surface area contributed by atoms with Crippen LogP contribution < -0.4 is 0 Å². The van der Waals surface area contributed by atoms with Crippen molar-refractivity contribution in [1.82, 2.24) is 9.88 Å². The van der Waals surface area contributed by atoms with Gasteiger partial charge < -0.3 is 9.32 Å². The molecule has 1 rings (SSSR count). The second kappa shape index (κ2) is 7.09. The van der Waals surface area contributed by atoms with Crippen LogP contribution in [0.2, 0.25) is 0 Å². The van der Waals surface area contributed by atoms with Crippen LogP contribution >= 0.6 is 0 Å². The molecule has 0 fully saturated rings. The van der Waals surface area contributed by atoms with Gasteiger partial charge >= 0.3 is 0 Å². The molecule has 0 aliphatic rings. The Balaban J connectivity index is 2.41. The molecule has 96 valence electrons. The first-order valence-electron chi connectivity index (χ1n) is 6.36. The Labute approximate surface area is 103 Å². The molecule has 1 amide bonds. The number of carbonyl (C=O) groups excluding carboxylic acids is 1. The summed E-state index contributed by atoms with van der Waals surface area (Å²) in [5.74, 6) is 0.876. The molecule has 0 unspecified atom stereocenters. The van der Waals surface area contributed by atoms with E-state index in [2.05, 4.69) is 18.8 Å². The fourth-order valence-electron chi connectivity index (χ4n) is 1.82. The molecular weight excluding hydrogens is 216 g/mol. The van der Waals surface area contributed by atoms with Gasteiger partial charge in [-0.05, 0) is 12.8 Å². The van der Waals surface area contributed by atoms with Crippen molar-refractivity contribution in [2.24, 2.45) is 0 Å². The lowest BCUT2D eigenvalue weighted by Crippen LogP contribution is -2.32. The van der Waals surface area contributed by atoms with Gasteiger partial charge in [0.25, 0.3) is 0 Å². The topological polar surface area (TPSA) is 46.3 Å². The Morgan fingerprint density at radius 2 is 2.00 bits per heavy atom. The molecule has 1 heterocycles. The van der Waals surface area contributed by atoms with E-state index in [1.807, 2.05) is 11.8 Å². The smallest absolute Gasteiger partial charge is 0.222 e. The first-order chi connectivity index (χ1) is 8.17. The van der Waals surface area contributed by atoms with Gasteiger partial charge in [0.2, 0.25) is 5.91 Å². The number of aryl methyl sites for hydroxylation is 2. The van der Waals surface area contributed by atoms with Gasteiger partial charge in [0.1, 0.15) is 6.26 Å². The molecule has 0 radical (unpaired) electrons. The molecular formula is C13H22N2O2. The van der Waals surface area contributed by atoms with Gasteiger partial charge in [0, 0.05) is 32.9 Å². The zero-order valence-corrected chi connectivity index (χ0v) is 11.0. The highest BCUT2D eigenvalue weighted by atomic mass is 16.3. The monoisotopic (exact) mass is 238 g/mol. The Morgan fingerprint density at radius 1 is 1.35 bits per heavy atom. The van der Waals surface area contributed by atoms with E-state index in [0.29, 0.717) is 18.7 Å². The van der Waals surface area contributed by atoms with E-state index in [0.717, 1.165) is 31.6 Å². The molecule has 0 saturated heterocycles. The summed E-state index contributed by atoms with van der Waals surface area (Å²) < 4.78 is 5.12. The van der Waals surface area contributed by atoms with Crippen LogP contribution in [0.3, 0.4) is 0 Å². The van der Waals surface area contributed by atoms with E-state index >= 15 is 0 Å². The number of aromatic nitrogens is 1. The number of rotatable bonds is 7. The van der Waals surface area contributed by atoms with Gasteiger partial charge in [-0.1, -0.05) is 13.8 Å². The van der Waals surface area contributed by atoms with Crippen molar-refractivity contribution in [3.8, 4) is 0 Å². The number of hydrogen-bond donors (Lipinski definition) is 0. The summed E-state index contributed by atoms with van der Waals surface area (Å²) in [7, 11) is 0. The molecule has 4 heteroatoms. The van der Waals surface area contributed by atoms with Crippen molar-refractivity contribution in [1.29, 1.82) is 0 Å². The van der Waals surface area contributed by atoms with E-state index < -0.39 is 0 Å². The van der Waals surface area contributed by atoms with Crippen molar-refractivity contribution >= 4 is 5.91 Å². The molecule has 1 aromatic rings. The van der Waals surface area contributed by atoms with Gasteiger partial charge in [-0.2, -0.15) is 0 Å². The molecule has 0 saturated carbocycles. The first kappa shape index (κ1) is 13.7. The minimum atomic E-state index is 0.217. The predicted octanol–water partition coefficient (Wildman–Crippen LogP) is 2.56. The highest BCUT2D eigenvalue weighted by molar-refractivity contribution is 5.76. The molecule has 1 aromatic heterocycles. The van der Waals surface area contributed by atoms with Crippen LogP contribution in [-0.2, 0) is 11.2 Å². The van der Waals surface area contributed by atoms with Gasteiger partial charge in [0.05, 0.1) is 5.69 Å². The number of hydrogen-bond acceptors (Lipinski definition) is 3. The normalized spacial score (nSPS) is 10.5. The highest BCUT2D eigenvalue weighted by Gasteiger charge is 2.12. The summed E-state index contributed by atoms with van der Waals surface area (Å²) in [6, 6.07) is 0. The van der Waals surface area contributed by atoms with Crippen LogP contribution in [-0.4, -0.2) is 28.9 Å². The maximum absolute atomic E-state index is 12.0. The summed E-state index contributed by atoms with van der Waals surface area (Å²) in [5.41, 5.74) is 0.865. The van der Waals surface area contributed by atoms with Crippen molar-refractivity contribution in [2.75, 3.05) is 13.1 Å². The molecule has 0 atom stereocenters. The fraction of sp³-hybridized carbons (Fsp3) is 0.692. The van der Waals surface area contributed by atoms with Gasteiger partial charge in [-0.3, -0.25) is 4.79 Å². The molecule has 4 nitrogen and oxygen atoms in total. The Hall–Kier alpha value is -1.32. The van der Waals surface area contributed by atoms with Crippen molar-refractivity contribution < 1.29 is 9.21 Å². The maximum Gasteiger partial charge on any atom is 0.222 e. The minimum absolute atomic E-state index is 0.217. The molecule has 0 aromatic carbocycles. The van der Waals surface area contributed by atoms with Crippen LogP contribution in [0, 0.1) is 6.92 Å². The predicted molar refractivity (Wildman–Crippen MR) is 66.7 cm³/mol. The summed E-state index contributed by atoms with van der Waals surface area (Å²) in [5, 5.41) is 0. The number of amides is 1. The summed E-state index contributed by atoms with van der Waals surface area (Å²) >= 11 is 0. The number of nitrogens with zero attached hydrogens (tertiary/aromatic N) is 2. The van der Waals surface area contributed by atoms with Crippen molar-refractivity contribution in [3.63, 3.8) is 0 Å². The van der Waals surface area contributed by atoms with Crippen LogP contribution in [0.25, 0.3) is 0 Å². The lowest BCUT2D eigenvalue weighted by atomic mass is 10.2. The zero-order valence-electron chi connectivity index (χ0n) is 11.0. The second-order valence-corrected chi connectivity index (χ2v) is 4.24. The highest BCUT2D eigenvalue weighted by Crippen LogP contribution is 2.06. The van der Waals surface area contributed by atoms with Crippen molar-refractivity contribution in [3.05, 3.63) is 17.8 Å². The van der Waals surface area contributed by atoms with E-state index in [4.69, 9.17) is 4.42 Å². The van der Waals surface area contributed by atoms with Crippen LogP contribution in [0.4, 0.5) is 0 Å². The summed E-state index contributed by atoms with van der Waals surface area (Å²) in [6.45, 7) is 7.70. The second-order valence-electron chi connectivity index (χ2n) is 4.24. The molecule has 0 bridgehead atoms. The molecule has 17 heavy (non-hydrogen) atoms. The van der Waals surface area contributed by atoms with Crippen molar-refractivity contribution in [2.45, 2.75) is 46.5 Å². The largest absolute Gasteiger partial charge is 0.449 e. The average Bonchev–Trinajstić information content (AvgIpc) is 2.72. The van der Waals surface area contributed by atoms with E-state index in [1.165, 1.54) is 0 Å². The summed E-state index contributed by atoms with van der Waals surface area (Å²) in [4.78, 5) is 18.1. The summed E-state index contributed by atoms with van der Waals surface area (Å²) in [6.07, 6.45) is 4.84. The van der Waals surface area contributed by atoms with Gasteiger partial charge in [-0.15, -0.1) is 0 Å². The molecule has 0 aliphatic heterocycles. The molecule has 0 spiro atoms. The van der Waals surface area contributed by atoms with Gasteiger partial charge in [0.15, 0.2) is 5.89 Å². The zero-order chi connectivity index (χ0) is 12.7. The fourth-order valence-corrected chi connectivity index (χ4v) is 1.82. The van der Waals surface area contributed by atoms with E-state index in [-0.39, 0.29) is 5.91 Å². The SMILES string of the molecule is CCCN(CCC)C(=O)CCc1coc(C)n1. The third-order valence-electron chi connectivity index (χ3n) is 2.60. The Kier molecular flexibility index (Phi) is 5.73. The quantitative estimate of drug-likeness (QED) is 0.733. The molecule has 0 N–H and O–H groups in total. The minimum Gasteiger partial charge on any atom is -0.449 e. The molecule has 0 aliphatic carbocycles. The average molecular weight is 238 g/mol. The lowest BCUT2D eigenvalue weighted by Gasteiger charge is -2.21. The van der Waals surface area contributed by atoms with Crippen LogP contribution in [0.1, 0.15) is 44.7 Å². The Morgan fingerprint density at radius 3 is 2.47 bits per heavy atom. The Bertz CT molecular complexity index is 341. The third kappa shape index (κ3) is 4.59. The standard InChI is InChI=1S/C13H22N2O2/c1-4-8-15(9-5-2)13(16)7-6-12-10-17-11(3)14-12/h10H,4-9H2,1-3H3. The number of carbonyl (C=O) groups is 1. The first-order valence-corrected chi connectivity index (χ1v) is 6.36. The van der Waals surface area contributed by atoms with Crippen LogP contribution in [0.15, 0.2) is 10.7 Å².